The van der Waals surface area contributed by atoms with Gasteiger partial charge in [-0.3, -0.25) is 4.79 Å². The quantitative estimate of drug-likeness (QED) is 0.671. The summed E-state index contributed by atoms with van der Waals surface area (Å²) in [4.78, 5) is 19.2. The molecule has 1 amide bonds. The molecular formula is C8H15F3N2O3. The van der Waals surface area contributed by atoms with E-state index in [2.05, 4.69) is 0 Å². The Balaban J connectivity index is 0. The van der Waals surface area contributed by atoms with Crippen LogP contribution in [0.3, 0.4) is 0 Å². The zero-order chi connectivity index (χ0) is 13.5. The van der Waals surface area contributed by atoms with E-state index < -0.39 is 24.1 Å². The fraction of sp³-hybridized carbons (Fsp3) is 0.750. The van der Waals surface area contributed by atoms with Crippen LogP contribution in [-0.2, 0) is 9.59 Å². The van der Waals surface area contributed by atoms with Crippen LogP contribution < -0.4 is 11.5 Å². The molecule has 96 valence electrons. The van der Waals surface area contributed by atoms with Crippen molar-refractivity contribution in [2.45, 2.75) is 32.5 Å². The van der Waals surface area contributed by atoms with Gasteiger partial charge in [-0.2, -0.15) is 13.2 Å². The summed E-state index contributed by atoms with van der Waals surface area (Å²) < 4.78 is 31.7. The van der Waals surface area contributed by atoms with E-state index in [9.17, 15) is 18.0 Å². The van der Waals surface area contributed by atoms with E-state index in [0.717, 1.165) is 0 Å². The van der Waals surface area contributed by atoms with E-state index in [1.165, 1.54) is 0 Å². The minimum atomic E-state index is -5.08. The maximum absolute atomic E-state index is 10.6. The van der Waals surface area contributed by atoms with E-state index in [1.54, 1.807) is 0 Å². The van der Waals surface area contributed by atoms with E-state index >= 15 is 0 Å². The van der Waals surface area contributed by atoms with Crippen LogP contribution in [0.4, 0.5) is 13.2 Å². The van der Waals surface area contributed by atoms with Gasteiger partial charge in [0.2, 0.25) is 5.91 Å². The summed E-state index contributed by atoms with van der Waals surface area (Å²) in [5.74, 6) is -2.73. The Kier molecular flexibility index (Phi) is 7.53. The molecule has 0 spiro atoms. The fourth-order valence-electron chi connectivity index (χ4n) is 0.624. The third-order valence-electron chi connectivity index (χ3n) is 1.33. The van der Waals surface area contributed by atoms with Crippen molar-refractivity contribution in [1.82, 2.24) is 0 Å². The first kappa shape index (κ1) is 17.1. The third-order valence-corrected chi connectivity index (χ3v) is 1.33. The van der Waals surface area contributed by atoms with Crippen molar-refractivity contribution in [1.29, 1.82) is 0 Å². The number of amides is 1. The van der Waals surface area contributed by atoms with Crippen LogP contribution in [0.5, 0.6) is 0 Å². The number of carbonyl (C=O) groups excluding carboxylic acids is 1. The van der Waals surface area contributed by atoms with Crippen molar-refractivity contribution in [3.63, 3.8) is 0 Å². The lowest BCUT2D eigenvalue weighted by Gasteiger charge is -2.08. The zero-order valence-corrected chi connectivity index (χ0v) is 8.91. The number of nitrogens with two attached hydrogens (primary N) is 2. The van der Waals surface area contributed by atoms with Gasteiger partial charge in [0.15, 0.2) is 0 Å². The predicted molar refractivity (Wildman–Crippen MR) is 50.3 cm³/mol. The standard InChI is InChI=1S/C6H14N2O.C2HF3O2/c1-4(2)3-5(7)6(8)9;3-2(4,5)1(6)7/h4-5H,3,7H2,1-2H3,(H2,8,9);(H,6,7)/t5-;/m1./s1. The molecule has 0 unspecified atom stereocenters. The highest BCUT2D eigenvalue weighted by atomic mass is 19.4. The molecule has 0 aromatic rings. The highest BCUT2D eigenvalue weighted by molar-refractivity contribution is 5.79. The third kappa shape index (κ3) is 10.8. The molecule has 16 heavy (non-hydrogen) atoms. The number of hydrogen-bond donors (Lipinski definition) is 3. The minimum absolute atomic E-state index is 0.413. The molecule has 0 saturated heterocycles. The Morgan fingerprint density at radius 1 is 1.31 bits per heavy atom. The molecule has 8 heteroatoms. The molecule has 0 saturated carbocycles. The van der Waals surface area contributed by atoms with Gasteiger partial charge in [-0.1, -0.05) is 13.8 Å². The van der Waals surface area contributed by atoms with Crippen LogP contribution in [0.1, 0.15) is 20.3 Å². The van der Waals surface area contributed by atoms with Crippen LogP contribution in [0.2, 0.25) is 0 Å². The lowest BCUT2D eigenvalue weighted by Crippen LogP contribution is -2.37. The molecule has 0 aliphatic rings. The largest absolute Gasteiger partial charge is 0.490 e. The summed E-state index contributed by atoms with van der Waals surface area (Å²) in [5, 5.41) is 7.12. The Morgan fingerprint density at radius 2 is 1.62 bits per heavy atom. The fourth-order valence-corrected chi connectivity index (χ4v) is 0.624. The highest BCUT2D eigenvalue weighted by Gasteiger charge is 2.38. The van der Waals surface area contributed by atoms with Gasteiger partial charge in [0.05, 0.1) is 6.04 Å². The van der Waals surface area contributed by atoms with Crippen LogP contribution in [0, 0.1) is 5.92 Å². The molecule has 0 aliphatic carbocycles. The van der Waals surface area contributed by atoms with Gasteiger partial charge in [-0.25, -0.2) is 4.79 Å². The number of carboxylic acid groups (broad SMARTS) is 1. The van der Waals surface area contributed by atoms with Crippen LogP contribution in [-0.4, -0.2) is 29.2 Å². The van der Waals surface area contributed by atoms with Crippen molar-refractivity contribution < 1.29 is 27.9 Å². The normalized spacial score (nSPS) is 12.7. The second-order valence-corrected chi connectivity index (χ2v) is 3.44. The molecule has 0 fully saturated rings. The molecule has 0 radical (unpaired) electrons. The van der Waals surface area contributed by atoms with Gasteiger partial charge in [-0.15, -0.1) is 0 Å². The number of carboxylic acids is 1. The summed E-state index contributed by atoms with van der Waals surface area (Å²) in [7, 11) is 0. The average Bonchev–Trinajstić information content (AvgIpc) is 2.01. The second-order valence-electron chi connectivity index (χ2n) is 3.44. The highest BCUT2D eigenvalue weighted by Crippen LogP contribution is 2.13. The first-order valence-corrected chi connectivity index (χ1v) is 4.33. The van der Waals surface area contributed by atoms with Crippen LogP contribution in [0.25, 0.3) is 0 Å². The van der Waals surface area contributed by atoms with Gasteiger partial charge in [0.25, 0.3) is 0 Å². The first-order valence-electron chi connectivity index (χ1n) is 4.33. The number of aliphatic carboxylic acids is 1. The lowest BCUT2D eigenvalue weighted by molar-refractivity contribution is -0.192. The van der Waals surface area contributed by atoms with Gasteiger partial charge >= 0.3 is 12.1 Å². The van der Waals surface area contributed by atoms with Crippen molar-refractivity contribution in [3.05, 3.63) is 0 Å². The topological polar surface area (TPSA) is 106 Å². The van der Waals surface area contributed by atoms with Gasteiger partial charge in [0, 0.05) is 0 Å². The monoisotopic (exact) mass is 244 g/mol. The second kappa shape index (κ2) is 7.04. The number of carbonyl (C=O) groups is 2. The van der Waals surface area contributed by atoms with E-state index in [1.807, 2.05) is 13.8 Å². The van der Waals surface area contributed by atoms with E-state index in [0.29, 0.717) is 12.3 Å². The molecule has 0 aliphatic heterocycles. The predicted octanol–water partition coefficient (Wildman–Crippen LogP) is 0.478. The van der Waals surface area contributed by atoms with Gasteiger partial charge < -0.3 is 16.6 Å². The summed E-state index contributed by atoms with van der Waals surface area (Å²) in [6.07, 6.45) is -4.41. The zero-order valence-electron chi connectivity index (χ0n) is 8.91. The molecule has 0 aromatic heterocycles. The lowest BCUT2D eigenvalue weighted by atomic mass is 10.0. The first-order chi connectivity index (χ1) is 6.98. The van der Waals surface area contributed by atoms with Crippen LogP contribution >= 0.6 is 0 Å². The van der Waals surface area contributed by atoms with Crippen molar-refractivity contribution in [2.24, 2.45) is 17.4 Å². The molecule has 0 rings (SSSR count). The smallest absolute Gasteiger partial charge is 0.475 e. The van der Waals surface area contributed by atoms with Crippen molar-refractivity contribution in [3.8, 4) is 0 Å². The molecule has 0 bridgehead atoms. The Labute approximate surface area is 90.6 Å². The van der Waals surface area contributed by atoms with Crippen molar-refractivity contribution >= 4 is 11.9 Å². The summed E-state index contributed by atoms with van der Waals surface area (Å²) in [6, 6.07) is -0.468. The summed E-state index contributed by atoms with van der Waals surface area (Å²) >= 11 is 0. The van der Waals surface area contributed by atoms with Gasteiger partial charge in [0.1, 0.15) is 0 Å². The number of alkyl halides is 3. The molecule has 0 heterocycles. The number of primary amides is 1. The average molecular weight is 244 g/mol. The SMILES string of the molecule is CC(C)C[C@@H](N)C(N)=O.O=C(O)C(F)(F)F. The molecular weight excluding hydrogens is 229 g/mol. The molecule has 5 nitrogen and oxygen atoms in total. The van der Waals surface area contributed by atoms with E-state index in [-0.39, 0.29) is 0 Å². The maximum atomic E-state index is 10.6. The summed E-state index contributed by atoms with van der Waals surface area (Å²) in [5.41, 5.74) is 10.3. The Hall–Kier alpha value is -1.31. The van der Waals surface area contributed by atoms with Crippen molar-refractivity contribution in [2.75, 3.05) is 0 Å². The maximum Gasteiger partial charge on any atom is 0.490 e. The van der Waals surface area contributed by atoms with Crippen LogP contribution in [0.15, 0.2) is 0 Å². The Bertz CT molecular complexity index is 241. The minimum Gasteiger partial charge on any atom is -0.475 e. The van der Waals surface area contributed by atoms with Gasteiger partial charge in [-0.05, 0) is 12.3 Å². The summed E-state index contributed by atoms with van der Waals surface area (Å²) in [6.45, 7) is 4.01. The Morgan fingerprint density at radius 3 is 1.69 bits per heavy atom. The number of rotatable bonds is 3. The number of halogens is 3. The number of hydrogen-bond acceptors (Lipinski definition) is 3. The molecule has 0 aromatic carbocycles. The molecule has 1 atom stereocenters. The molecule has 5 N–H and O–H groups in total. The van der Waals surface area contributed by atoms with E-state index in [4.69, 9.17) is 21.4 Å².